The van der Waals surface area contributed by atoms with E-state index in [0.29, 0.717) is 6.54 Å². The van der Waals surface area contributed by atoms with E-state index in [1.165, 1.54) is 11.1 Å². The number of aryl methyl sites for hydroxylation is 1. The molecule has 0 aliphatic carbocycles. The Kier molecular flexibility index (Phi) is 3.07. The van der Waals surface area contributed by atoms with Crippen molar-refractivity contribution in [1.82, 2.24) is 9.78 Å². The van der Waals surface area contributed by atoms with E-state index in [9.17, 15) is 0 Å². The third-order valence-electron chi connectivity index (χ3n) is 2.49. The van der Waals surface area contributed by atoms with Crippen molar-refractivity contribution >= 4 is 26.8 Å². The molecule has 0 spiro atoms. The molecule has 3 nitrogen and oxygen atoms in total. The van der Waals surface area contributed by atoms with Crippen molar-refractivity contribution in [1.29, 1.82) is 0 Å². The van der Waals surface area contributed by atoms with Crippen LogP contribution in [0.3, 0.4) is 0 Å². The summed E-state index contributed by atoms with van der Waals surface area (Å²) in [4.78, 5) is 0. The van der Waals surface area contributed by atoms with Crippen LogP contribution in [0.4, 0.5) is 0 Å². The first-order valence-electron chi connectivity index (χ1n) is 5.11. The highest BCUT2D eigenvalue weighted by atomic mass is 79.9. The Labute approximate surface area is 97.4 Å². The number of nitrogens with zero attached hydrogens (tertiary/aromatic N) is 2. The summed E-state index contributed by atoms with van der Waals surface area (Å²) in [6, 6.07) is 6.19. The van der Waals surface area contributed by atoms with Gasteiger partial charge in [-0.25, -0.2) is 0 Å². The first-order chi connectivity index (χ1) is 7.26. The van der Waals surface area contributed by atoms with Gasteiger partial charge in [0.05, 0.1) is 5.52 Å². The van der Waals surface area contributed by atoms with Crippen LogP contribution >= 0.6 is 15.9 Å². The Hall–Kier alpha value is -0.870. The highest BCUT2D eigenvalue weighted by Gasteiger charge is 2.09. The van der Waals surface area contributed by atoms with Gasteiger partial charge in [0.2, 0.25) is 0 Å². The molecular weight excluding hydrogens is 254 g/mol. The van der Waals surface area contributed by atoms with Crippen molar-refractivity contribution in [2.45, 2.75) is 19.9 Å². The maximum Gasteiger partial charge on any atom is 0.0937 e. The number of nitrogens with two attached hydrogens (primary N) is 1. The highest BCUT2D eigenvalue weighted by Crippen LogP contribution is 2.22. The lowest BCUT2D eigenvalue weighted by molar-refractivity contribution is 0.628. The molecule has 15 heavy (non-hydrogen) atoms. The molecule has 2 aromatic rings. The number of hydrogen-bond donors (Lipinski definition) is 1. The molecule has 0 amide bonds. The molecule has 0 bridgehead atoms. The molecule has 1 aromatic carbocycles. The quantitative estimate of drug-likeness (QED) is 0.928. The number of hydrogen-bond acceptors (Lipinski definition) is 2. The highest BCUT2D eigenvalue weighted by molar-refractivity contribution is 9.10. The van der Waals surface area contributed by atoms with E-state index in [1.54, 1.807) is 0 Å². The monoisotopic (exact) mass is 267 g/mol. The van der Waals surface area contributed by atoms with Crippen molar-refractivity contribution in [2.75, 3.05) is 6.54 Å². The zero-order chi connectivity index (χ0) is 10.8. The van der Waals surface area contributed by atoms with E-state index in [-0.39, 0.29) is 0 Å². The smallest absolute Gasteiger partial charge is 0.0937 e. The number of aromatic nitrogens is 2. The van der Waals surface area contributed by atoms with Gasteiger partial charge in [0.25, 0.3) is 0 Å². The zero-order valence-corrected chi connectivity index (χ0v) is 10.3. The maximum atomic E-state index is 5.61. The van der Waals surface area contributed by atoms with Gasteiger partial charge in [-0.1, -0.05) is 15.9 Å². The number of halogens is 1. The minimum Gasteiger partial charge on any atom is -0.330 e. The molecule has 1 heterocycles. The van der Waals surface area contributed by atoms with Crippen LogP contribution in [0.5, 0.6) is 0 Å². The Morgan fingerprint density at radius 3 is 2.93 bits per heavy atom. The minimum atomic E-state index is 0.664. The Morgan fingerprint density at radius 2 is 2.27 bits per heavy atom. The van der Waals surface area contributed by atoms with Gasteiger partial charge >= 0.3 is 0 Å². The SMILES string of the molecule is CCn1nc2cc(Br)ccc2c1CCN. The van der Waals surface area contributed by atoms with Gasteiger partial charge in [-0.3, -0.25) is 4.68 Å². The van der Waals surface area contributed by atoms with Crippen molar-refractivity contribution < 1.29 is 0 Å². The average Bonchev–Trinajstić information content (AvgIpc) is 2.56. The van der Waals surface area contributed by atoms with Crippen LogP contribution in [0.25, 0.3) is 10.9 Å². The Bertz CT molecular complexity index is 476. The van der Waals surface area contributed by atoms with Gasteiger partial charge < -0.3 is 5.73 Å². The fourth-order valence-corrected chi connectivity index (χ4v) is 2.17. The van der Waals surface area contributed by atoms with Gasteiger partial charge in [0.15, 0.2) is 0 Å². The standard InChI is InChI=1S/C11H14BrN3/c1-2-15-11(5-6-13)9-4-3-8(12)7-10(9)14-15/h3-4,7H,2,5-6,13H2,1H3. The second kappa shape index (κ2) is 4.33. The maximum absolute atomic E-state index is 5.61. The fourth-order valence-electron chi connectivity index (χ4n) is 1.82. The van der Waals surface area contributed by atoms with Crippen LogP contribution in [0.15, 0.2) is 22.7 Å². The Balaban J connectivity index is 2.63. The number of benzene rings is 1. The topological polar surface area (TPSA) is 43.8 Å². The van der Waals surface area contributed by atoms with Gasteiger partial charge in [0, 0.05) is 28.5 Å². The summed E-state index contributed by atoms with van der Waals surface area (Å²) in [7, 11) is 0. The van der Waals surface area contributed by atoms with Crippen molar-refractivity contribution in [3.63, 3.8) is 0 Å². The van der Waals surface area contributed by atoms with Crippen LogP contribution in [-0.4, -0.2) is 16.3 Å². The molecule has 0 atom stereocenters. The lowest BCUT2D eigenvalue weighted by atomic mass is 10.1. The van der Waals surface area contributed by atoms with Gasteiger partial charge in [0.1, 0.15) is 0 Å². The molecule has 0 saturated heterocycles. The first kappa shape index (κ1) is 10.6. The fraction of sp³-hybridized carbons (Fsp3) is 0.364. The first-order valence-corrected chi connectivity index (χ1v) is 5.90. The molecule has 0 saturated carbocycles. The van der Waals surface area contributed by atoms with E-state index >= 15 is 0 Å². The number of rotatable bonds is 3. The van der Waals surface area contributed by atoms with Crippen LogP contribution in [-0.2, 0) is 13.0 Å². The largest absolute Gasteiger partial charge is 0.330 e. The van der Waals surface area contributed by atoms with Crippen LogP contribution < -0.4 is 5.73 Å². The molecule has 0 fully saturated rings. The average molecular weight is 268 g/mol. The van der Waals surface area contributed by atoms with E-state index in [4.69, 9.17) is 5.73 Å². The molecule has 2 N–H and O–H groups in total. The van der Waals surface area contributed by atoms with E-state index in [2.05, 4.69) is 34.0 Å². The third kappa shape index (κ3) is 1.92. The molecule has 0 radical (unpaired) electrons. The molecule has 0 unspecified atom stereocenters. The zero-order valence-electron chi connectivity index (χ0n) is 8.70. The van der Waals surface area contributed by atoms with Crippen LogP contribution in [0.1, 0.15) is 12.6 Å². The van der Waals surface area contributed by atoms with Gasteiger partial charge in [-0.2, -0.15) is 5.10 Å². The van der Waals surface area contributed by atoms with Gasteiger partial charge in [-0.15, -0.1) is 0 Å². The predicted octanol–water partition coefficient (Wildman–Crippen LogP) is 2.32. The van der Waals surface area contributed by atoms with Gasteiger partial charge in [-0.05, 0) is 31.7 Å². The third-order valence-corrected chi connectivity index (χ3v) is 2.98. The predicted molar refractivity (Wildman–Crippen MR) is 65.9 cm³/mol. The number of fused-ring (bicyclic) bond motifs is 1. The molecule has 1 aromatic heterocycles. The molecule has 4 heteroatoms. The molecule has 0 aliphatic rings. The van der Waals surface area contributed by atoms with E-state index in [0.717, 1.165) is 23.0 Å². The summed E-state index contributed by atoms with van der Waals surface area (Å²) < 4.78 is 3.10. The van der Waals surface area contributed by atoms with E-state index < -0.39 is 0 Å². The summed E-state index contributed by atoms with van der Waals surface area (Å²) in [6.45, 7) is 3.65. The van der Waals surface area contributed by atoms with Crippen molar-refractivity contribution in [3.05, 3.63) is 28.4 Å². The van der Waals surface area contributed by atoms with Crippen LogP contribution in [0.2, 0.25) is 0 Å². The lowest BCUT2D eigenvalue weighted by Crippen LogP contribution is -2.09. The minimum absolute atomic E-state index is 0.664. The van der Waals surface area contributed by atoms with Crippen LogP contribution in [0, 0.1) is 0 Å². The lowest BCUT2D eigenvalue weighted by Gasteiger charge is -2.02. The second-order valence-electron chi connectivity index (χ2n) is 3.46. The molecule has 0 aliphatic heterocycles. The van der Waals surface area contributed by atoms with Crippen molar-refractivity contribution in [2.24, 2.45) is 5.73 Å². The van der Waals surface area contributed by atoms with E-state index in [1.807, 2.05) is 16.8 Å². The van der Waals surface area contributed by atoms with Crippen molar-refractivity contribution in [3.8, 4) is 0 Å². The second-order valence-corrected chi connectivity index (χ2v) is 4.38. The summed E-state index contributed by atoms with van der Waals surface area (Å²) in [5.41, 5.74) is 7.89. The molecular formula is C11H14BrN3. The normalized spacial score (nSPS) is 11.1. The summed E-state index contributed by atoms with van der Waals surface area (Å²) in [5.74, 6) is 0. The molecule has 80 valence electrons. The summed E-state index contributed by atoms with van der Waals surface area (Å²) >= 11 is 3.45. The summed E-state index contributed by atoms with van der Waals surface area (Å²) in [5, 5.41) is 5.76. The summed E-state index contributed by atoms with van der Waals surface area (Å²) in [6.07, 6.45) is 0.881. The molecule has 2 rings (SSSR count). The Morgan fingerprint density at radius 1 is 1.47 bits per heavy atom.